The molecule has 0 unspecified atom stereocenters. The number of hydrogen-bond acceptors (Lipinski definition) is 2. The fourth-order valence-electron chi connectivity index (χ4n) is 1.77. The van der Waals surface area contributed by atoms with Crippen LogP contribution in [0.2, 0.25) is 5.02 Å². The highest BCUT2D eigenvalue weighted by molar-refractivity contribution is 6.33. The van der Waals surface area contributed by atoms with Gasteiger partial charge in [-0.05, 0) is 24.1 Å². The predicted octanol–water partition coefficient (Wildman–Crippen LogP) is 3.88. The van der Waals surface area contributed by atoms with Gasteiger partial charge in [0.2, 0.25) is 5.91 Å². The first-order valence-corrected chi connectivity index (χ1v) is 6.76. The van der Waals surface area contributed by atoms with Crippen LogP contribution in [0.1, 0.15) is 19.4 Å². The van der Waals surface area contributed by atoms with Crippen LogP contribution >= 0.6 is 11.6 Å². The molecule has 3 nitrogen and oxygen atoms in total. The highest BCUT2D eigenvalue weighted by Crippen LogP contribution is 2.34. The van der Waals surface area contributed by atoms with Crippen LogP contribution in [0, 0.1) is 5.92 Å². The van der Waals surface area contributed by atoms with Gasteiger partial charge in [0.15, 0.2) is 0 Å². The van der Waals surface area contributed by atoms with E-state index in [1.807, 2.05) is 13.8 Å². The number of hydrogen-bond donors (Lipinski definition) is 1. The number of carbonyl (C=O) groups is 1. The maximum atomic E-state index is 12.6. The summed E-state index contributed by atoms with van der Waals surface area (Å²) in [5.74, 6) is -0.209. The zero-order valence-corrected chi connectivity index (χ0v) is 13.0. The second-order valence-electron chi connectivity index (χ2n) is 5.29. The van der Waals surface area contributed by atoms with E-state index in [0.717, 1.165) is 12.1 Å². The minimum Gasteiger partial charge on any atom is -0.372 e. The number of likely N-dealkylation sites (N-methyl/N-ethyl adjacent to an activating group) is 1. The summed E-state index contributed by atoms with van der Waals surface area (Å²) < 4.78 is 37.8. The maximum Gasteiger partial charge on any atom is 0.416 e. The number of nitrogens with zero attached hydrogens (tertiary/aromatic N) is 1. The molecule has 0 bridgehead atoms. The quantitative estimate of drug-likeness (QED) is 0.912. The number of nitrogens with one attached hydrogen (secondary N) is 1. The fourth-order valence-corrected chi connectivity index (χ4v) is 2.00. The third-order valence-corrected chi connectivity index (χ3v) is 3.29. The van der Waals surface area contributed by atoms with E-state index in [1.165, 1.54) is 11.0 Å². The largest absolute Gasteiger partial charge is 0.416 e. The first kappa shape index (κ1) is 17.6. The van der Waals surface area contributed by atoms with Crippen molar-refractivity contribution >= 4 is 23.2 Å². The van der Waals surface area contributed by atoms with Crippen molar-refractivity contribution in [3.63, 3.8) is 0 Å². The van der Waals surface area contributed by atoms with Crippen molar-refractivity contribution in [1.82, 2.24) is 4.90 Å². The van der Waals surface area contributed by atoms with Crippen LogP contribution in [-0.2, 0) is 11.0 Å². The zero-order valence-electron chi connectivity index (χ0n) is 12.3. The lowest BCUT2D eigenvalue weighted by molar-refractivity contribution is -0.137. The molecular formula is C14H18ClF3N2O. The molecule has 0 aliphatic heterocycles. The van der Waals surface area contributed by atoms with E-state index in [0.29, 0.717) is 5.69 Å². The lowest BCUT2D eigenvalue weighted by Gasteiger charge is -2.26. The van der Waals surface area contributed by atoms with Crippen molar-refractivity contribution in [2.75, 3.05) is 19.4 Å². The molecule has 0 saturated carbocycles. The third-order valence-electron chi connectivity index (χ3n) is 2.98. The summed E-state index contributed by atoms with van der Waals surface area (Å²) >= 11 is 5.88. The van der Waals surface area contributed by atoms with Gasteiger partial charge in [-0.3, -0.25) is 4.79 Å². The Hall–Kier alpha value is -1.43. The molecule has 21 heavy (non-hydrogen) atoms. The van der Waals surface area contributed by atoms with Gasteiger partial charge in [-0.1, -0.05) is 25.4 Å². The molecule has 0 spiro atoms. The average Bonchev–Trinajstić information content (AvgIpc) is 2.34. The number of anilines is 1. The summed E-state index contributed by atoms with van der Waals surface area (Å²) in [7, 11) is 3.24. The van der Waals surface area contributed by atoms with Gasteiger partial charge in [-0.2, -0.15) is 13.2 Å². The van der Waals surface area contributed by atoms with Crippen LogP contribution < -0.4 is 5.32 Å². The van der Waals surface area contributed by atoms with E-state index in [-0.39, 0.29) is 16.8 Å². The van der Waals surface area contributed by atoms with Crippen molar-refractivity contribution < 1.29 is 18.0 Å². The minimum absolute atomic E-state index is 0.0433. The van der Waals surface area contributed by atoms with E-state index in [4.69, 9.17) is 11.6 Å². The lowest BCUT2D eigenvalue weighted by atomic mass is 10.0. The Labute approximate surface area is 127 Å². The summed E-state index contributed by atoms with van der Waals surface area (Å²) in [4.78, 5) is 13.5. The molecule has 0 fully saturated rings. The third kappa shape index (κ3) is 4.52. The summed E-state index contributed by atoms with van der Waals surface area (Å²) in [5, 5.41) is 2.85. The predicted molar refractivity (Wildman–Crippen MR) is 77.4 cm³/mol. The van der Waals surface area contributed by atoms with Gasteiger partial charge in [0.1, 0.15) is 6.04 Å². The Balaban J connectivity index is 3.03. The van der Waals surface area contributed by atoms with E-state index in [2.05, 4.69) is 5.32 Å². The van der Waals surface area contributed by atoms with Crippen LogP contribution in [0.15, 0.2) is 18.2 Å². The minimum atomic E-state index is -4.45. The molecule has 0 radical (unpaired) electrons. The van der Waals surface area contributed by atoms with Crippen molar-refractivity contribution in [2.45, 2.75) is 26.1 Å². The van der Waals surface area contributed by atoms with Crippen molar-refractivity contribution in [3.05, 3.63) is 28.8 Å². The van der Waals surface area contributed by atoms with Gasteiger partial charge in [0.25, 0.3) is 0 Å². The fraction of sp³-hybridized carbons (Fsp3) is 0.500. The molecule has 0 aliphatic rings. The summed E-state index contributed by atoms with van der Waals surface area (Å²) in [6.07, 6.45) is -4.45. The number of rotatable bonds is 4. The van der Waals surface area contributed by atoms with Crippen molar-refractivity contribution in [3.8, 4) is 0 Å². The molecule has 118 valence electrons. The molecule has 1 rings (SSSR count). The lowest BCUT2D eigenvalue weighted by Crippen LogP contribution is -2.42. The van der Waals surface area contributed by atoms with Crippen LogP contribution in [0.5, 0.6) is 0 Å². The second kappa shape index (κ2) is 6.56. The zero-order chi connectivity index (χ0) is 16.4. The molecule has 1 N–H and O–H groups in total. The average molecular weight is 323 g/mol. The van der Waals surface area contributed by atoms with Gasteiger partial charge < -0.3 is 10.2 Å². The van der Waals surface area contributed by atoms with Crippen molar-refractivity contribution in [1.29, 1.82) is 0 Å². The number of carbonyl (C=O) groups excluding carboxylic acids is 1. The van der Waals surface area contributed by atoms with Gasteiger partial charge in [-0.25, -0.2) is 0 Å². The second-order valence-corrected chi connectivity index (χ2v) is 5.70. The SMILES string of the molecule is CC(C)[C@H](Nc1ccc(C(F)(F)F)cc1Cl)C(=O)N(C)C. The summed E-state index contributed by atoms with van der Waals surface area (Å²) in [5.41, 5.74) is -0.517. The van der Waals surface area contributed by atoms with Gasteiger partial charge in [-0.15, -0.1) is 0 Å². The molecule has 0 saturated heterocycles. The van der Waals surface area contributed by atoms with E-state index in [1.54, 1.807) is 14.1 Å². The van der Waals surface area contributed by atoms with E-state index >= 15 is 0 Å². The topological polar surface area (TPSA) is 32.3 Å². The van der Waals surface area contributed by atoms with Crippen LogP contribution in [0.25, 0.3) is 0 Å². The normalized spacial score (nSPS) is 13.2. The summed E-state index contributed by atoms with van der Waals surface area (Å²) in [6.45, 7) is 3.69. The number of halogens is 4. The molecule has 1 atom stereocenters. The van der Waals surface area contributed by atoms with Gasteiger partial charge in [0, 0.05) is 14.1 Å². The van der Waals surface area contributed by atoms with Gasteiger partial charge >= 0.3 is 6.18 Å². The first-order valence-electron chi connectivity index (χ1n) is 6.38. The Morgan fingerprint density at radius 2 is 1.86 bits per heavy atom. The number of benzene rings is 1. The van der Waals surface area contributed by atoms with Crippen molar-refractivity contribution in [2.24, 2.45) is 5.92 Å². The van der Waals surface area contributed by atoms with Gasteiger partial charge in [0.05, 0.1) is 16.3 Å². The Bertz CT molecular complexity index is 515. The first-order chi connectivity index (χ1) is 9.54. The molecule has 0 heterocycles. The Morgan fingerprint density at radius 3 is 2.24 bits per heavy atom. The molecule has 1 aromatic carbocycles. The smallest absolute Gasteiger partial charge is 0.372 e. The standard InChI is InChI=1S/C14H18ClF3N2O/c1-8(2)12(13(21)20(3)4)19-11-6-5-9(7-10(11)15)14(16,17)18/h5-8,12,19H,1-4H3/t12-/m0/s1. The van der Waals surface area contributed by atoms with Crippen LogP contribution in [-0.4, -0.2) is 30.9 Å². The highest BCUT2D eigenvalue weighted by Gasteiger charge is 2.31. The highest BCUT2D eigenvalue weighted by atomic mass is 35.5. The van der Waals surface area contributed by atoms with E-state index < -0.39 is 17.8 Å². The number of alkyl halides is 3. The number of amides is 1. The molecule has 1 aromatic rings. The maximum absolute atomic E-state index is 12.6. The Morgan fingerprint density at radius 1 is 1.29 bits per heavy atom. The monoisotopic (exact) mass is 322 g/mol. The molecular weight excluding hydrogens is 305 g/mol. The van der Waals surface area contributed by atoms with E-state index in [9.17, 15) is 18.0 Å². The molecule has 0 aliphatic carbocycles. The van der Waals surface area contributed by atoms with Crippen LogP contribution in [0.4, 0.5) is 18.9 Å². The Kier molecular flexibility index (Phi) is 5.50. The molecule has 1 amide bonds. The molecule has 7 heteroatoms. The van der Waals surface area contributed by atoms with Crippen LogP contribution in [0.3, 0.4) is 0 Å². The molecule has 0 aromatic heterocycles. The summed E-state index contributed by atoms with van der Waals surface area (Å²) in [6, 6.07) is 2.46.